The molecule has 0 spiro atoms. The first kappa shape index (κ1) is 20.0. The van der Waals surface area contributed by atoms with Gasteiger partial charge in [0.15, 0.2) is 5.65 Å². The van der Waals surface area contributed by atoms with E-state index in [9.17, 15) is 4.79 Å². The van der Waals surface area contributed by atoms with E-state index in [-0.39, 0.29) is 17.8 Å². The number of para-hydroxylation sites is 3. The molecular weight excluding hydrogens is 404 g/mol. The maximum absolute atomic E-state index is 13.2. The summed E-state index contributed by atoms with van der Waals surface area (Å²) in [6, 6.07) is 15.2. The average molecular weight is 428 g/mol. The SMILES string of the molecule is COc1ccccc1C=Nn1c(N)c(C(=O)NC2CCCC2)c2nc3ccccc3nc21. The van der Waals surface area contributed by atoms with Crippen molar-refractivity contribution in [2.45, 2.75) is 31.7 Å². The van der Waals surface area contributed by atoms with E-state index in [0.717, 1.165) is 31.2 Å². The Bertz CT molecular complexity index is 1340. The fraction of sp³-hybridized carbons (Fsp3) is 0.250. The molecule has 5 rings (SSSR count). The van der Waals surface area contributed by atoms with Gasteiger partial charge in [-0.2, -0.15) is 9.78 Å². The molecular formula is C24H24N6O2. The van der Waals surface area contributed by atoms with Crippen molar-refractivity contribution in [1.29, 1.82) is 0 Å². The van der Waals surface area contributed by atoms with Gasteiger partial charge in [-0.25, -0.2) is 9.97 Å². The van der Waals surface area contributed by atoms with Gasteiger partial charge >= 0.3 is 0 Å². The third kappa shape index (κ3) is 3.53. The van der Waals surface area contributed by atoms with Crippen LogP contribution in [0.5, 0.6) is 5.75 Å². The fourth-order valence-corrected chi connectivity index (χ4v) is 4.21. The molecule has 3 N–H and O–H groups in total. The molecule has 4 aromatic rings. The van der Waals surface area contributed by atoms with Gasteiger partial charge in [-0.05, 0) is 37.1 Å². The topological polar surface area (TPSA) is 107 Å². The number of fused-ring (bicyclic) bond motifs is 2. The van der Waals surface area contributed by atoms with Crippen LogP contribution in [0, 0.1) is 0 Å². The first-order chi connectivity index (χ1) is 15.7. The van der Waals surface area contributed by atoms with Crippen LogP contribution < -0.4 is 15.8 Å². The molecule has 0 unspecified atom stereocenters. The largest absolute Gasteiger partial charge is 0.496 e. The number of ether oxygens (including phenoxy) is 1. The Morgan fingerprint density at radius 2 is 1.81 bits per heavy atom. The van der Waals surface area contributed by atoms with Crippen LogP contribution in [-0.4, -0.2) is 39.9 Å². The molecule has 2 aromatic heterocycles. The van der Waals surface area contributed by atoms with Crippen LogP contribution in [0.15, 0.2) is 53.6 Å². The second kappa shape index (κ2) is 8.30. The standard InChI is InChI=1S/C24H24N6O2/c1-32-19-13-7-2-8-15(19)14-26-30-22(25)20(24(31)27-16-9-3-4-10-16)21-23(30)29-18-12-6-5-11-17(18)28-21/h2,5-8,11-14,16H,3-4,9-10,25H2,1H3,(H,27,31). The molecule has 1 saturated carbocycles. The van der Waals surface area contributed by atoms with E-state index >= 15 is 0 Å². The summed E-state index contributed by atoms with van der Waals surface area (Å²) in [5.41, 5.74) is 9.82. The highest BCUT2D eigenvalue weighted by Crippen LogP contribution is 2.29. The number of carbonyl (C=O) groups is 1. The number of carbonyl (C=O) groups excluding carboxylic acids is 1. The lowest BCUT2D eigenvalue weighted by atomic mass is 10.2. The molecule has 32 heavy (non-hydrogen) atoms. The summed E-state index contributed by atoms with van der Waals surface area (Å²) in [5, 5.41) is 7.67. The third-order valence-electron chi connectivity index (χ3n) is 5.84. The predicted octanol–water partition coefficient (Wildman–Crippen LogP) is 3.73. The van der Waals surface area contributed by atoms with E-state index in [4.69, 9.17) is 20.4 Å². The van der Waals surface area contributed by atoms with Crippen LogP contribution in [0.2, 0.25) is 0 Å². The van der Waals surface area contributed by atoms with Gasteiger partial charge in [0.25, 0.3) is 5.91 Å². The molecule has 0 atom stereocenters. The fourth-order valence-electron chi connectivity index (χ4n) is 4.21. The van der Waals surface area contributed by atoms with Crippen molar-refractivity contribution < 1.29 is 9.53 Å². The number of rotatable bonds is 5. The summed E-state index contributed by atoms with van der Waals surface area (Å²) in [6.45, 7) is 0. The summed E-state index contributed by atoms with van der Waals surface area (Å²) in [5.74, 6) is 0.647. The van der Waals surface area contributed by atoms with E-state index in [1.807, 2.05) is 48.5 Å². The number of nitrogens with two attached hydrogens (primary N) is 1. The highest BCUT2D eigenvalue weighted by molar-refractivity contribution is 6.10. The Labute approximate surface area is 185 Å². The van der Waals surface area contributed by atoms with Crippen LogP contribution in [0.1, 0.15) is 41.6 Å². The molecule has 1 amide bonds. The Morgan fingerprint density at radius 3 is 2.56 bits per heavy atom. The monoisotopic (exact) mass is 428 g/mol. The maximum Gasteiger partial charge on any atom is 0.257 e. The number of nitrogen functional groups attached to an aromatic ring is 1. The number of aromatic nitrogens is 3. The Morgan fingerprint density at radius 1 is 1.12 bits per heavy atom. The number of methoxy groups -OCH3 is 1. The minimum atomic E-state index is -0.241. The van der Waals surface area contributed by atoms with Crippen LogP contribution in [0.4, 0.5) is 5.82 Å². The molecule has 162 valence electrons. The molecule has 2 heterocycles. The van der Waals surface area contributed by atoms with E-state index in [2.05, 4.69) is 10.4 Å². The summed E-state index contributed by atoms with van der Waals surface area (Å²) in [6.07, 6.45) is 5.84. The zero-order valence-electron chi connectivity index (χ0n) is 17.8. The number of amides is 1. The molecule has 8 heteroatoms. The second-order valence-electron chi connectivity index (χ2n) is 7.90. The normalized spacial score (nSPS) is 14.5. The van der Waals surface area contributed by atoms with E-state index < -0.39 is 0 Å². The lowest BCUT2D eigenvalue weighted by Crippen LogP contribution is -2.33. The van der Waals surface area contributed by atoms with Gasteiger partial charge in [0.05, 0.1) is 24.4 Å². The van der Waals surface area contributed by atoms with Crippen molar-refractivity contribution in [1.82, 2.24) is 20.0 Å². The molecule has 8 nitrogen and oxygen atoms in total. The Balaban J connectivity index is 1.66. The van der Waals surface area contributed by atoms with Gasteiger partial charge in [-0.1, -0.05) is 37.1 Å². The Kier molecular flexibility index (Phi) is 5.18. The van der Waals surface area contributed by atoms with Gasteiger partial charge in [0.2, 0.25) is 0 Å². The summed E-state index contributed by atoms with van der Waals surface area (Å²) < 4.78 is 6.88. The highest BCUT2D eigenvalue weighted by Gasteiger charge is 2.26. The van der Waals surface area contributed by atoms with Crippen LogP contribution in [0.25, 0.3) is 22.2 Å². The van der Waals surface area contributed by atoms with Gasteiger partial charge in [-0.3, -0.25) is 4.79 Å². The number of nitrogens with one attached hydrogen (secondary N) is 1. The molecule has 0 radical (unpaired) electrons. The minimum absolute atomic E-state index is 0.158. The number of anilines is 1. The first-order valence-electron chi connectivity index (χ1n) is 10.7. The summed E-state index contributed by atoms with van der Waals surface area (Å²) >= 11 is 0. The van der Waals surface area contributed by atoms with Crippen molar-refractivity contribution in [2.24, 2.45) is 5.10 Å². The molecule has 1 aliphatic carbocycles. The minimum Gasteiger partial charge on any atom is -0.496 e. The van der Waals surface area contributed by atoms with E-state index in [1.54, 1.807) is 13.3 Å². The van der Waals surface area contributed by atoms with Gasteiger partial charge in [0.1, 0.15) is 22.6 Å². The summed E-state index contributed by atoms with van der Waals surface area (Å²) in [7, 11) is 1.61. The molecule has 2 aromatic carbocycles. The lowest BCUT2D eigenvalue weighted by molar-refractivity contribution is 0.0940. The van der Waals surface area contributed by atoms with E-state index in [1.165, 1.54) is 4.68 Å². The predicted molar refractivity (Wildman–Crippen MR) is 125 cm³/mol. The van der Waals surface area contributed by atoms with Gasteiger partial charge in [0, 0.05) is 11.6 Å². The van der Waals surface area contributed by atoms with Crippen molar-refractivity contribution >= 4 is 40.1 Å². The first-order valence-corrected chi connectivity index (χ1v) is 10.7. The third-order valence-corrected chi connectivity index (χ3v) is 5.84. The average Bonchev–Trinajstić information content (AvgIpc) is 3.41. The number of benzene rings is 2. The van der Waals surface area contributed by atoms with Gasteiger partial charge < -0.3 is 15.8 Å². The molecule has 0 bridgehead atoms. The summed E-state index contributed by atoms with van der Waals surface area (Å²) in [4.78, 5) is 22.7. The smallest absolute Gasteiger partial charge is 0.257 e. The van der Waals surface area contributed by atoms with Crippen molar-refractivity contribution in [3.63, 3.8) is 0 Å². The molecule has 0 aliphatic heterocycles. The van der Waals surface area contributed by atoms with Crippen LogP contribution in [0.3, 0.4) is 0 Å². The lowest BCUT2D eigenvalue weighted by Gasteiger charge is -2.11. The van der Waals surface area contributed by atoms with Crippen molar-refractivity contribution in [3.8, 4) is 5.75 Å². The highest BCUT2D eigenvalue weighted by atomic mass is 16.5. The quantitative estimate of drug-likeness (QED) is 0.471. The molecule has 1 aliphatic rings. The second-order valence-corrected chi connectivity index (χ2v) is 7.90. The number of hydrogen-bond donors (Lipinski definition) is 2. The zero-order chi connectivity index (χ0) is 22.1. The van der Waals surface area contributed by atoms with Crippen molar-refractivity contribution in [2.75, 3.05) is 12.8 Å². The maximum atomic E-state index is 13.2. The molecule has 1 fully saturated rings. The zero-order valence-corrected chi connectivity index (χ0v) is 17.8. The van der Waals surface area contributed by atoms with E-state index in [0.29, 0.717) is 33.5 Å². The number of nitrogens with zero attached hydrogens (tertiary/aromatic N) is 4. The van der Waals surface area contributed by atoms with Crippen molar-refractivity contribution in [3.05, 3.63) is 59.7 Å². The van der Waals surface area contributed by atoms with Gasteiger partial charge in [-0.15, -0.1) is 0 Å². The Hall–Kier alpha value is -3.94. The number of hydrogen-bond acceptors (Lipinski definition) is 6. The molecule has 0 saturated heterocycles. The van der Waals surface area contributed by atoms with Crippen LogP contribution in [-0.2, 0) is 0 Å². The van der Waals surface area contributed by atoms with Crippen LogP contribution >= 0.6 is 0 Å².